The number of anilines is 2. The number of thioether (sulfide) groups is 1. The van der Waals surface area contributed by atoms with Crippen LogP contribution in [0.15, 0.2) is 76.2 Å². The molecular formula is C26H23ClN2O2S. The summed E-state index contributed by atoms with van der Waals surface area (Å²) in [6.07, 6.45) is 0. The fraction of sp³-hybridized carbons (Fsp3) is 0.154. The van der Waals surface area contributed by atoms with Crippen molar-refractivity contribution < 1.29 is 9.59 Å². The molecule has 1 heterocycles. The molecule has 1 aliphatic heterocycles. The maximum Gasteiger partial charge on any atom is 0.283 e. The minimum Gasteiger partial charge on any atom is -0.350 e. The van der Waals surface area contributed by atoms with E-state index in [2.05, 4.69) is 5.32 Å². The molecule has 0 aromatic heterocycles. The molecule has 3 aromatic carbocycles. The molecule has 0 radical (unpaired) electrons. The molecule has 0 aliphatic carbocycles. The Labute approximate surface area is 197 Å². The molecule has 2 amide bonds. The summed E-state index contributed by atoms with van der Waals surface area (Å²) in [6, 6.07) is 18.9. The number of benzene rings is 3. The molecule has 4 rings (SSSR count). The van der Waals surface area contributed by atoms with Crippen molar-refractivity contribution in [2.75, 3.05) is 10.2 Å². The lowest BCUT2D eigenvalue weighted by molar-refractivity contribution is -0.120. The molecular weight excluding hydrogens is 440 g/mol. The summed E-state index contributed by atoms with van der Waals surface area (Å²) in [5.41, 5.74) is 5.75. The zero-order chi connectivity index (χ0) is 23.0. The molecule has 0 saturated carbocycles. The molecule has 1 N–H and O–H groups in total. The second-order valence-electron chi connectivity index (χ2n) is 8.00. The van der Waals surface area contributed by atoms with Crippen LogP contribution in [0, 0.1) is 27.7 Å². The Hall–Kier alpha value is -3.02. The summed E-state index contributed by atoms with van der Waals surface area (Å²) < 4.78 is 0. The van der Waals surface area contributed by atoms with E-state index in [0.29, 0.717) is 15.6 Å². The number of aryl methyl sites for hydroxylation is 4. The van der Waals surface area contributed by atoms with Crippen LogP contribution in [0.25, 0.3) is 0 Å². The number of nitrogens with one attached hydrogen (secondary N) is 1. The van der Waals surface area contributed by atoms with Gasteiger partial charge in [-0.15, -0.1) is 0 Å². The van der Waals surface area contributed by atoms with Crippen molar-refractivity contribution in [3.05, 3.63) is 98.5 Å². The van der Waals surface area contributed by atoms with Crippen molar-refractivity contribution in [1.82, 2.24) is 0 Å². The first kappa shape index (κ1) is 22.2. The Bertz CT molecular complexity index is 1250. The topological polar surface area (TPSA) is 49.4 Å². The number of imide groups is 1. The quantitative estimate of drug-likeness (QED) is 0.436. The first-order chi connectivity index (χ1) is 15.2. The van der Waals surface area contributed by atoms with E-state index >= 15 is 0 Å². The second-order valence-corrected chi connectivity index (χ2v) is 9.52. The van der Waals surface area contributed by atoms with Crippen LogP contribution >= 0.6 is 23.4 Å². The lowest BCUT2D eigenvalue weighted by Crippen LogP contribution is -2.32. The Morgan fingerprint density at radius 2 is 1.44 bits per heavy atom. The van der Waals surface area contributed by atoms with E-state index in [-0.39, 0.29) is 17.5 Å². The minimum absolute atomic E-state index is 0.279. The molecule has 0 fully saturated rings. The van der Waals surface area contributed by atoms with Crippen LogP contribution in [-0.2, 0) is 9.59 Å². The van der Waals surface area contributed by atoms with Gasteiger partial charge >= 0.3 is 0 Å². The number of hydrogen-bond acceptors (Lipinski definition) is 4. The molecule has 0 saturated heterocycles. The average Bonchev–Trinajstić information content (AvgIpc) is 2.94. The first-order valence-electron chi connectivity index (χ1n) is 10.2. The number of hydrogen-bond donors (Lipinski definition) is 1. The third kappa shape index (κ3) is 4.45. The van der Waals surface area contributed by atoms with Crippen LogP contribution < -0.4 is 10.2 Å². The zero-order valence-corrected chi connectivity index (χ0v) is 19.9. The van der Waals surface area contributed by atoms with Gasteiger partial charge in [-0.1, -0.05) is 47.1 Å². The van der Waals surface area contributed by atoms with Gasteiger partial charge < -0.3 is 5.32 Å². The van der Waals surface area contributed by atoms with Gasteiger partial charge in [0.1, 0.15) is 10.6 Å². The molecule has 32 heavy (non-hydrogen) atoms. The average molecular weight is 463 g/mol. The molecule has 3 aromatic rings. The third-order valence-electron chi connectivity index (χ3n) is 5.18. The predicted octanol–water partition coefficient (Wildman–Crippen LogP) is 6.56. The number of amides is 2. The van der Waals surface area contributed by atoms with Crippen LogP contribution in [-0.4, -0.2) is 11.8 Å². The number of carbonyl (C=O) groups is 2. The summed E-state index contributed by atoms with van der Waals surface area (Å²) in [6.45, 7) is 7.90. The van der Waals surface area contributed by atoms with Gasteiger partial charge in [0.15, 0.2) is 0 Å². The monoisotopic (exact) mass is 462 g/mol. The number of halogens is 1. The zero-order valence-electron chi connectivity index (χ0n) is 18.3. The highest BCUT2D eigenvalue weighted by molar-refractivity contribution is 8.04. The van der Waals surface area contributed by atoms with Crippen LogP contribution in [0.4, 0.5) is 11.4 Å². The van der Waals surface area contributed by atoms with E-state index < -0.39 is 0 Å². The summed E-state index contributed by atoms with van der Waals surface area (Å²) in [4.78, 5) is 29.5. The standard InChI is InChI=1S/C26H23ClN2O2S/c1-15-5-10-22(18(4)12-15)28-23-24(32-21-8-6-19(27)7-9-21)26(31)29(25(23)30)20-13-16(2)11-17(3)14-20/h5-14,28H,1-4H3. The maximum atomic E-state index is 13.5. The lowest BCUT2D eigenvalue weighted by atomic mass is 10.1. The van der Waals surface area contributed by atoms with Crippen molar-refractivity contribution >= 4 is 46.6 Å². The Morgan fingerprint density at radius 3 is 2.06 bits per heavy atom. The summed E-state index contributed by atoms with van der Waals surface area (Å²) in [7, 11) is 0. The number of nitrogens with zero attached hydrogens (tertiary/aromatic N) is 1. The molecule has 4 nitrogen and oxygen atoms in total. The Kier molecular flexibility index (Phi) is 6.13. The maximum absolute atomic E-state index is 13.5. The van der Waals surface area contributed by atoms with E-state index in [4.69, 9.17) is 11.6 Å². The van der Waals surface area contributed by atoms with Gasteiger partial charge in [0.25, 0.3) is 11.8 Å². The summed E-state index contributed by atoms with van der Waals surface area (Å²) >= 11 is 7.28. The van der Waals surface area contributed by atoms with Crippen molar-refractivity contribution in [3.63, 3.8) is 0 Å². The second kappa shape index (κ2) is 8.85. The van der Waals surface area contributed by atoms with Gasteiger partial charge in [-0.05, 0) is 86.8 Å². The van der Waals surface area contributed by atoms with Gasteiger partial charge in [-0.2, -0.15) is 0 Å². The van der Waals surface area contributed by atoms with E-state index in [9.17, 15) is 9.59 Å². The fourth-order valence-corrected chi connectivity index (χ4v) is 4.79. The SMILES string of the molecule is Cc1cc(C)cc(N2C(=O)C(Nc3ccc(C)cc3C)=C(Sc3ccc(Cl)cc3)C2=O)c1. The normalized spacial score (nSPS) is 13.8. The van der Waals surface area contributed by atoms with Crippen LogP contribution in [0.5, 0.6) is 0 Å². The van der Waals surface area contributed by atoms with E-state index in [1.54, 1.807) is 12.1 Å². The summed E-state index contributed by atoms with van der Waals surface area (Å²) in [5.74, 6) is -0.705. The molecule has 162 valence electrons. The molecule has 0 spiro atoms. The summed E-state index contributed by atoms with van der Waals surface area (Å²) in [5, 5.41) is 3.86. The highest BCUT2D eigenvalue weighted by atomic mass is 35.5. The molecule has 0 atom stereocenters. The molecule has 0 bridgehead atoms. The van der Waals surface area contributed by atoms with Gasteiger partial charge in [-0.25, -0.2) is 4.90 Å². The Morgan fingerprint density at radius 1 is 0.781 bits per heavy atom. The van der Waals surface area contributed by atoms with E-state index in [1.165, 1.54) is 16.7 Å². The van der Waals surface area contributed by atoms with Crippen molar-refractivity contribution in [3.8, 4) is 0 Å². The predicted molar refractivity (Wildman–Crippen MR) is 132 cm³/mol. The largest absolute Gasteiger partial charge is 0.350 e. The number of rotatable bonds is 5. The highest BCUT2D eigenvalue weighted by Crippen LogP contribution is 2.39. The fourth-order valence-electron chi connectivity index (χ4n) is 3.74. The van der Waals surface area contributed by atoms with Crippen LogP contribution in [0.2, 0.25) is 5.02 Å². The smallest absolute Gasteiger partial charge is 0.283 e. The van der Waals surface area contributed by atoms with Crippen molar-refractivity contribution in [1.29, 1.82) is 0 Å². The lowest BCUT2D eigenvalue weighted by Gasteiger charge is -2.17. The number of carbonyl (C=O) groups excluding carboxylic acids is 2. The third-order valence-corrected chi connectivity index (χ3v) is 6.52. The van der Waals surface area contributed by atoms with Gasteiger partial charge in [0.05, 0.1) is 5.69 Å². The van der Waals surface area contributed by atoms with E-state index in [1.807, 2.05) is 76.2 Å². The van der Waals surface area contributed by atoms with Gasteiger partial charge in [0, 0.05) is 15.6 Å². The molecule has 0 unspecified atom stereocenters. The van der Waals surface area contributed by atoms with Gasteiger partial charge in [-0.3, -0.25) is 9.59 Å². The molecule has 6 heteroatoms. The van der Waals surface area contributed by atoms with Crippen molar-refractivity contribution in [2.24, 2.45) is 0 Å². The van der Waals surface area contributed by atoms with Crippen LogP contribution in [0.1, 0.15) is 22.3 Å². The Balaban J connectivity index is 1.78. The highest BCUT2D eigenvalue weighted by Gasteiger charge is 2.40. The first-order valence-corrected chi connectivity index (χ1v) is 11.4. The molecule has 1 aliphatic rings. The van der Waals surface area contributed by atoms with Crippen LogP contribution in [0.3, 0.4) is 0 Å². The van der Waals surface area contributed by atoms with Gasteiger partial charge in [0.2, 0.25) is 0 Å². The van der Waals surface area contributed by atoms with E-state index in [0.717, 1.165) is 32.8 Å². The van der Waals surface area contributed by atoms with Crippen molar-refractivity contribution in [2.45, 2.75) is 32.6 Å². The minimum atomic E-state index is -0.364.